The second kappa shape index (κ2) is 6.34. The number of esters is 1. The van der Waals surface area contributed by atoms with E-state index < -0.39 is 32.6 Å². The molecule has 0 aliphatic heterocycles. The van der Waals surface area contributed by atoms with E-state index in [1.54, 1.807) is 0 Å². The van der Waals surface area contributed by atoms with Crippen molar-refractivity contribution in [1.82, 2.24) is 0 Å². The molecule has 0 saturated heterocycles. The maximum absolute atomic E-state index is 13.2. The van der Waals surface area contributed by atoms with Crippen LogP contribution in [0.4, 0.5) is 4.39 Å². The van der Waals surface area contributed by atoms with Crippen LogP contribution in [0.1, 0.15) is 18.9 Å². The number of carbonyl (C=O) groups excluding carboxylic acids is 1. The number of sulfone groups is 1. The molecule has 1 aromatic carbocycles. The van der Waals surface area contributed by atoms with Crippen LogP contribution in [0, 0.1) is 5.82 Å². The van der Waals surface area contributed by atoms with Crippen molar-refractivity contribution in [3.63, 3.8) is 0 Å². The van der Waals surface area contributed by atoms with Crippen molar-refractivity contribution in [3.8, 4) is 0 Å². The van der Waals surface area contributed by atoms with Crippen LogP contribution >= 0.6 is 11.6 Å². The lowest BCUT2D eigenvalue weighted by Gasteiger charge is -2.12. The molecule has 0 spiro atoms. The highest BCUT2D eigenvalue weighted by atomic mass is 35.5. The first-order chi connectivity index (χ1) is 8.77. The number of ether oxygens (including phenoxy) is 1. The summed E-state index contributed by atoms with van der Waals surface area (Å²) in [5.74, 6) is -1.70. The minimum absolute atomic E-state index is 0.179. The van der Waals surface area contributed by atoms with Gasteiger partial charge in [-0.25, -0.2) is 12.8 Å². The van der Waals surface area contributed by atoms with Gasteiger partial charge < -0.3 is 4.74 Å². The lowest BCUT2D eigenvalue weighted by atomic mass is 10.2. The zero-order chi connectivity index (χ0) is 14.6. The van der Waals surface area contributed by atoms with Gasteiger partial charge in [0.15, 0.2) is 9.84 Å². The smallest absolute Gasteiger partial charge is 0.306 e. The van der Waals surface area contributed by atoms with Crippen molar-refractivity contribution >= 4 is 27.4 Å². The number of carbonyl (C=O) groups is 1. The quantitative estimate of drug-likeness (QED) is 0.783. The average molecular weight is 309 g/mol. The molecular weight excluding hydrogens is 295 g/mol. The monoisotopic (exact) mass is 308 g/mol. The minimum Gasteiger partial charge on any atom is -0.469 e. The molecule has 0 heterocycles. The lowest BCUT2D eigenvalue weighted by molar-refractivity contribution is -0.140. The molecule has 0 saturated carbocycles. The lowest BCUT2D eigenvalue weighted by Crippen LogP contribution is -2.23. The summed E-state index contributed by atoms with van der Waals surface area (Å²) in [7, 11) is -2.42. The third-order valence-electron chi connectivity index (χ3n) is 2.68. The zero-order valence-electron chi connectivity index (χ0n) is 10.5. The topological polar surface area (TPSA) is 60.4 Å². The van der Waals surface area contributed by atoms with Gasteiger partial charge in [-0.15, -0.1) is 0 Å². The second-order valence-corrected chi connectivity index (χ2v) is 6.91. The van der Waals surface area contributed by atoms with Crippen molar-refractivity contribution in [2.24, 2.45) is 0 Å². The first-order valence-corrected chi connectivity index (χ1v) is 7.58. The Morgan fingerprint density at radius 1 is 1.47 bits per heavy atom. The van der Waals surface area contributed by atoms with Gasteiger partial charge in [-0.2, -0.15) is 0 Å². The number of benzene rings is 1. The van der Waals surface area contributed by atoms with E-state index in [2.05, 4.69) is 4.74 Å². The van der Waals surface area contributed by atoms with E-state index >= 15 is 0 Å². The van der Waals surface area contributed by atoms with Crippen molar-refractivity contribution in [2.75, 3.05) is 7.11 Å². The van der Waals surface area contributed by atoms with E-state index in [4.69, 9.17) is 11.6 Å². The van der Waals surface area contributed by atoms with Crippen LogP contribution < -0.4 is 0 Å². The van der Waals surface area contributed by atoms with E-state index in [1.165, 1.54) is 26.2 Å². The Hall–Kier alpha value is -1.14. The molecule has 1 unspecified atom stereocenters. The van der Waals surface area contributed by atoms with E-state index in [0.717, 1.165) is 6.07 Å². The Labute approximate surface area is 116 Å². The molecule has 0 bridgehead atoms. The fourth-order valence-electron chi connectivity index (χ4n) is 1.46. The molecular formula is C12H14ClFO4S. The first kappa shape index (κ1) is 15.9. The van der Waals surface area contributed by atoms with Gasteiger partial charge in [-0.05, 0) is 18.6 Å². The fourth-order valence-corrected chi connectivity index (χ4v) is 3.08. The summed E-state index contributed by atoms with van der Waals surface area (Å²) >= 11 is 5.71. The molecule has 7 heteroatoms. The summed E-state index contributed by atoms with van der Waals surface area (Å²) in [6.07, 6.45) is -0.244. The van der Waals surface area contributed by atoms with E-state index in [1.807, 2.05) is 0 Å². The Morgan fingerprint density at radius 3 is 2.68 bits per heavy atom. The van der Waals surface area contributed by atoms with E-state index in [9.17, 15) is 17.6 Å². The SMILES string of the molecule is COC(=O)CC(C)S(=O)(=O)Cc1cccc(F)c1Cl. The van der Waals surface area contributed by atoms with Crippen molar-refractivity contribution in [2.45, 2.75) is 24.3 Å². The predicted octanol–water partition coefficient (Wildman–Crippen LogP) is 2.35. The Morgan fingerprint density at radius 2 is 2.11 bits per heavy atom. The summed E-state index contributed by atoms with van der Waals surface area (Å²) in [6, 6.07) is 3.97. The van der Waals surface area contributed by atoms with Gasteiger partial charge in [0.1, 0.15) is 5.82 Å². The normalized spacial score (nSPS) is 13.1. The fraction of sp³-hybridized carbons (Fsp3) is 0.417. The molecule has 0 radical (unpaired) electrons. The second-order valence-electron chi connectivity index (χ2n) is 4.11. The Kier molecular flexibility index (Phi) is 5.31. The van der Waals surface area contributed by atoms with Crippen LogP contribution in [-0.4, -0.2) is 26.7 Å². The van der Waals surface area contributed by atoms with Crippen LogP contribution in [0.25, 0.3) is 0 Å². The Bertz CT molecular complexity index is 571. The molecule has 0 fully saturated rings. The van der Waals surface area contributed by atoms with E-state index in [-0.39, 0.29) is 17.0 Å². The summed E-state index contributed by atoms with van der Waals surface area (Å²) in [5, 5.41) is -1.13. The molecule has 0 aliphatic carbocycles. The first-order valence-electron chi connectivity index (χ1n) is 5.49. The van der Waals surface area contributed by atoms with Gasteiger partial charge in [0, 0.05) is 0 Å². The molecule has 0 N–H and O–H groups in total. The van der Waals surface area contributed by atoms with Crippen LogP contribution in [-0.2, 0) is 25.1 Å². The third-order valence-corrected chi connectivity index (χ3v) is 5.21. The van der Waals surface area contributed by atoms with Gasteiger partial charge >= 0.3 is 5.97 Å². The number of hydrogen-bond donors (Lipinski definition) is 0. The van der Waals surface area contributed by atoms with Crippen molar-refractivity contribution < 1.29 is 22.3 Å². The number of rotatable bonds is 5. The summed E-state index contributed by atoms with van der Waals surface area (Å²) in [5.41, 5.74) is 0.179. The van der Waals surface area contributed by atoms with Crippen LogP contribution in [0.2, 0.25) is 5.02 Å². The highest BCUT2D eigenvalue weighted by molar-refractivity contribution is 7.91. The van der Waals surface area contributed by atoms with Gasteiger partial charge in [-0.1, -0.05) is 23.7 Å². The molecule has 0 amide bonds. The van der Waals surface area contributed by atoms with Crippen molar-refractivity contribution in [1.29, 1.82) is 0 Å². The van der Waals surface area contributed by atoms with Crippen LogP contribution in [0.5, 0.6) is 0 Å². The molecule has 19 heavy (non-hydrogen) atoms. The molecule has 1 rings (SSSR count). The molecule has 0 aliphatic rings. The molecule has 4 nitrogen and oxygen atoms in total. The predicted molar refractivity (Wildman–Crippen MR) is 70.1 cm³/mol. The number of hydrogen-bond acceptors (Lipinski definition) is 4. The molecule has 1 atom stereocenters. The maximum Gasteiger partial charge on any atom is 0.306 e. The molecule has 1 aromatic rings. The molecule has 106 valence electrons. The number of methoxy groups -OCH3 is 1. The van der Waals surface area contributed by atoms with Crippen LogP contribution in [0.15, 0.2) is 18.2 Å². The summed E-state index contributed by atoms with van der Waals surface area (Å²) in [4.78, 5) is 11.1. The average Bonchev–Trinajstić information content (AvgIpc) is 2.34. The van der Waals surface area contributed by atoms with Crippen LogP contribution in [0.3, 0.4) is 0 Å². The summed E-state index contributed by atoms with van der Waals surface area (Å²) < 4.78 is 41.7. The summed E-state index contributed by atoms with van der Waals surface area (Å²) in [6.45, 7) is 1.40. The highest BCUT2D eigenvalue weighted by Crippen LogP contribution is 2.23. The van der Waals surface area contributed by atoms with Gasteiger partial charge in [0.25, 0.3) is 0 Å². The molecule has 0 aromatic heterocycles. The van der Waals surface area contributed by atoms with Gasteiger partial charge in [0.2, 0.25) is 0 Å². The zero-order valence-corrected chi connectivity index (χ0v) is 12.1. The van der Waals surface area contributed by atoms with Gasteiger partial charge in [-0.3, -0.25) is 4.79 Å². The maximum atomic E-state index is 13.2. The third kappa shape index (κ3) is 4.18. The number of halogens is 2. The highest BCUT2D eigenvalue weighted by Gasteiger charge is 2.25. The van der Waals surface area contributed by atoms with Gasteiger partial charge in [0.05, 0.1) is 29.6 Å². The Balaban J connectivity index is 2.90. The van der Waals surface area contributed by atoms with E-state index in [0.29, 0.717) is 0 Å². The largest absolute Gasteiger partial charge is 0.469 e. The van der Waals surface area contributed by atoms with Crippen molar-refractivity contribution in [3.05, 3.63) is 34.6 Å². The minimum atomic E-state index is -3.61. The standard InChI is InChI=1S/C12H14ClFO4S/c1-8(6-11(15)18-2)19(16,17)7-9-4-3-5-10(14)12(9)13/h3-5,8H,6-7H2,1-2H3.